The largest absolute Gasteiger partial charge is 0.396 e. The van der Waals surface area contributed by atoms with Gasteiger partial charge in [-0.1, -0.05) is 30.3 Å². The average molecular weight is 317 g/mol. The highest BCUT2D eigenvalue weighted by Crippen LogP contribution is 2.11. The molecule has 0 aliphatic heterocycles. The van der Waals surface area contributed by atoms with Crippen molar-refractivity contribution in [2.75, 3.05) is 6.61 Å². The van der Waals surface area contributed by atoms with Crippen LogP contribution < -0.4 is 10.6 Å². The van der Waals surface area contributed by atoms with E-state index < -0.39 is 0 Å². The maximum absolute atomic E-state index is 12.0. The Bertz CT molecular complexity index is 628. The van der Waals surface area contributed by atoms with E-state index in [0.717, 1.165) is 5.69 Å². The first-order valence-corrected chi connectivity index (χ1v) is 7.66. The van der Waals surface area contributed by atoms with Gasteiger partial charge < -0.3 is 15.7 Å². The molecule has 7 nitrogen and oxygen atoms in total. The number of aromatic nitrogens is 3. The molecule has 0 radical (unpaired) electrons. The Morgan fingerprint density at radius 1 is 1.22 bits per heavy atom. The molecule has 2 aromatic rings. The van der Waals surface area contributed by atoms with Crippen LogP contribution >= 0.6 is 0 Å². The molecule has 0 saturated heterocycles. The van der Waals surface area contributed by atoms with E-state index in [0.29, 0.717) is 5.69 Å². The second-order valence-electron chi connectivity index (χ2n) is 5.71. The Morgan fingerprint density at radius 3 is 2.57 bits per heavy atom. The Balaban J connectivity index is 1.95. The summed E-state index contributed by atoms with van der Waals surface area (Å²) < 4.78 is 1.67. The summed E-state index contributed by atoms with van der Waals surface area (Å²) in [6.07, 6.45) is 1.79. The van der Waals surface area contributed by atoms with Gasteiger partial charge in [0.15, 0.2) is 0 Å². The molecule has 2 rings (SSSR count). The lowest BCUT2D eigenvalue weighted by molar-refractivity contribution is 0.199. The van der Waals surface area contributed by atoms with E-state index in [2.05, 4.69) is 20.9 Å². The fourth-order valence-corrected chi connectivity index (χ4v) is 2.00. The van der Waals surface area contributed by atoms with Crippen LogP contribution in [0.15, 0.2) is 36.5 Å². The molecule has 23 heavy (non-hydrogen) atoms. The monoisotopic (exact) mass is 317 g/mol. The lowest BCUT2D eigenvalue weighted by atomic mass is 10.1. The van der Waals surface area contributed by atoms with Gasteiger partial charge in [0.25, 0.3) is 0 Å². The van der Waals surface area contributed by atoms with Crippen molar-refractivity contribution >= 4 is 6.03 Å². The third kappa shape index (κ3) is 4.53. The van der Waals surface area contributed by atoms with E-state index >= 15 is 0 Å². The van der Waals surface area contributed by atoms with Gasteiger partial charge in [-0.25, -0.2) is 9.48 Å². The second kappa shape index (κ2) is 7.73. The molecular weight excluding hydrogens is 294 g/mol. The smallest absolute Gasteiger partial charge is 0.315 e. The number of amides is 2. The second-order valence-corrected chi connectivity index (χ2v) is 5.71. The Labute approximate surface area is 135 Å². The minimum atomic E-state index is -0.292. The van der Waals surface area contributed by atoms with Crippen molar-refractivity contribution in [1.29, 1.82) is 0 Å². The Hall–Kier alpha value is -2.41. The number of urea groups is 1. The molecule has 3 N–H and O–H groups in total. The number of hydrogen-bond acceptors (Lipinski definition) is 4. The van der Waals surface area contributed by atoms with E-state index in [1.54, 1.807) is 10.9 Å². The van der Waals surface area contributed by atoms with Gasteiger partial charge in [0.1, 0.15) is 5.69 Å². The van der Waals surface area contributed by atoms with Gasteiger partial charge in [-0.3, -0.25) is 0 Å². The summed E-state index contributed by atoms with van der Waals surface area (Å²) in [6, 6.07) is 8.97. The number of aliphatic hydroxyl groups is 1. The molecule has 0 aliphatic rings. The highest BCUT2D eigenvalue weighted by Gasteiger charge is 2.17. The summed E-state index contributed by atoms with van der Waals surface area (Å²) in [5.74, 6) is -0.00462. The third-order valence-electron chi connectivity index (χ3n) is 3.82. The van der Waals surface area contributed by atoms with Crippen molar-refractivity contribution in [2.24, 2.45) is 5.92 Å². The van der Waals surface area contributed by atoms with Crippen LogP contribution in [-0.4, -0.2) is 38.8 Å². The van der Waals surface area contributed by atoms with Crippen molar-refractivity contribution in [3.05, 3.63) is 42.2 Å². The Morgan fingerprint density at radius 2 is 1.91 bits per heavy atom. The Kier molecular flexibility index (Phi) is 5.70. The molecule has 0 fully saturated rings. The van der Waals surface area contributed by atoms with Crippen molar-refractivity contribution in [1.82, 2.24) is 25.6 Å². The number of hydrogen-bond donors (Lipinski definition) is 3. The minimum Gasteiger partial charge on any atom is -0.396 e. The average Bonchev–Trinajstić information content (AvgIpc) is 3.04. The number of nitrogens with one attached hydrogen (secondary N) is 2. The molecule has 2 amide bonds. The van der Waals surface area contributed by atoms with Crippen molar-refractivity contribution in [3.8, 4) is 5.69 Å². The minimum absolute atomic E-state index is 0.00462. The van der Waals surface area contributed by atoms with Crippen LogP contribution in [0.25, 0.3) is 5.69 Å². The maximum Gasteiger partial charge on any atom is 0.315 e. The van der Waals surface area contributed by atoms with Crippen molar-refractivity contribution < 1.29 is 9.90 Å². The quantitative estimate of drug-likeness (QED) is 0.755. The number of carbonyl (C=O) groups excluding carboxylic acids is 1. The maximum atomic E-state index is 12.0. The highest BCUT2D eigenvalue weighted by molar-refractivity contribution is 5.74. The van der Waals surface area contributed by atoms with Crippen molar-refractivity contribution in [2.45, 2.75) is 32.9 Å². The first-order chi connectivity index (χ1) is 11.0. The zero-order valence-electron chi connectivity index (χ0n) is 13.6. The molecule has 3 atom stereocenters. The zero-order valence-corrected chi connectivity index (χ0v) is 13.6. The predicted octanol–water partition coefficient (Wildman–Crippen LogP) is 1.64. The van der Waals surface area contributed by atoms with Crippen LogP contribution in [0.5, 0.6) is 0 Å². The van der Waals surface area contributed by atoms with Gasteiger partial charge in [0, 0.05) is 12.6 Å². The first kappa shape index (κ1) is 17.0. The number of aliphatic hydroxyl groups excluding tert-OH is 1. The molecule has 0 saturated carbocycles. The lowest BCUT2D eigenvalue weighted by Crippen LogP contribution is -2.45. The van der Waals surface area contributed by atoms with Crippen molar-refractivity contribution in [3.63, 3.8) is 0 Å². The van der Waals surface area contributed by atoms with Crippen LogP contribution in [0.3, 0.4) is 0 Å². The van der Waals surface area contributed by atoms with Gasteiger partial charge >= 0.3 is 6.03 Å². The van der Waals surface area contributed by atoms with Gasteiger partial charge in [0.2, 0.25) is 0 Å². The van der Waals surface area contributed by atoms with Gasteiger partial charge in [-0.2, -0.15) is 0 Å². The van der Waals surface area contributed by atoms with Gasteiger partial charge in [-0.05, 0) is 31.9 Å². The number of rotatable bonds is 6. The number of para-hydroxylation sites is 1. The molecule has 1 aromatic heterocycles. The van der Waals surface area contributed by atoms with E-state index in [1.165, 1.54) is 0 Å². The molecule has 3 unspecified atom stereocenters. The molecule has 0 aliphatic carbocycles. The van der Waals surface area contributed by atoms with E-state index in [1.807, 2.05) is 51.1 Å². The van der Waals surface area contributed by atoms with Crippen LogP contribution in [0, 0.1) is 5.92 Å². The topological polar surface area (TPSA) is 92.1 Å². The fraction of sp³-hybridized carbons (Fsp3) is 0.438. The van der Waals surface area contributed by atoms with Crippen LogP contribution in [0.2, 0.25) is 0 Å². The van der Waals surface area contributed by atoms with E-state index in [9.17, 15) is 4.79 Å². The summed E-state index contributed by atoms with van der Waals surface area (Å²) in [5, 5.41) is 22.9. The number of carbonyl (C=O) groups is 1. The normalized spacial score (nSPS) is 14.8. The third-order valence-corrected chi connectivity index (χ3v) is 3.82. The zero-order chi connectivity index (χ0) is 16.8. The highest BCUT2D eigenvalue weighted by atomic mass is 16.3. The summed E-state index contributed by atoms with van der Waals surface area (Å²) in [4.78, 5) is 12.0. The molecule has 7 heteroatoms. The standard InChI is InChI=1S/C16H23N5O2/c1-11(10-22)12(2)17-16(23)18-13(3)15-9-21(20-19-15)14-7-5-4-6-8-14/h4-9,11-13,22H,10H2,1-3H3,(H2,17,18,23). The summed E-state index contributed by atoms with van der Waals surface area (Å²) in [6.45, 7) is 5.61. The lowest BCUT2D eigenvalue weighted by Gasteiger charge is -2.20. The van der Waals surface area contributed by atoms with Gasteiger partial charge in [-0.15, -0.1) is 5.10 Å². The van der Waals surface area contributed by atoms with Crippen LogP contribution in [-0.2, 0) is 0 Å². The van der Waals surface area contributed by atoms with Crippen LogP contribution in [0.1, 0.15) is 32.5 Å². The number of benzene rings is 1. The number of nitrogens with zero attached hydrogens (tertiary/aromatic N) is 3. The summed E-state index contributed by atoms with van der Waals surface area (Å²) in [7, 11) is 0. The fourth-order valence-electron chi connectivity index (χ4n) is 2.00. The van der Waals surface area contributed by atoms with E-state index in [-0.39, 0.29) is 30.6 Å². The summed E-state index contributed by atoms with van der Waals surface area (Å²) in [5.41, 5.74) is 1.58. The summed E-state index contributed by atoms with van der Waals surface area (Å²) >= 11 is 0. The molecule has 124 valence electrons. The molecule has 0 spiro atoms. The molecule has 1 heterocycles. The first-order valence-electron chi connectivity index (χ1n) is 7.66. The van der Waals surface area contributed by atoms with E-state index in [4.69, 9.17) is 5.11 Å². The predicted molar refractivity (Wildman–Crippen MR) is 87.2 cm³/mol. The van der Waals surface area contributed by atoms with Crippen LogP contribution in [0.4, 0.5) is 4.79 Å². The van der Waals surface area contributed by atoms with Gasteiger partial charge in [0.05, 0.1) is 17.9 Å². The molecule has 0 bridgehead atoms. The SMILES string of the molecule is CC(NC(=O)NC(C)C(C)CO)c1cn(-c2ccccc2)nn1. The molecular formula is C16H23N5O2. The molecule has 1 aromatic carbocycles.